The normalized spacial score (nSPS) is 17.1. The van der Waals surface area contributed by atoms with E-state index >= 15 is 0 Å². The summed E-state index contributed by atoms with van der Waals surface area (Å²) in [5.41, 5.74) is 5.77. The van der Waals surface area contributed by atoms with Gasteiger partial charge in [0.05, 0.1) is 12.4 Å². The number of aromatic nitrogens is 2. The van der Waals surface area contributed by atoms with Gasteiger partial charge in [-0.1, -0.05) is 6.92 Å². The molecule has 1 aliphatic rings. The number of hydrogen-bond acceptors (Lipinski definition) is 5. The van der Waals surface area contributed by atoms with Crippen LogP contribution in [-0.4, -0.2) is 53.4 Å². The van der Waals surface area contributed by atoms with Gasteiger partial charge >= 0.3 is 0 Å². The second-order valence-corrected chi connectivity index (χ2v) is 4.09. The number of rotatable bonds is 3. The Morgan fingerprint density at radius 3 is 2.47 bits per heavy atom. The summed E-state index contributed by atoms with van der Waals surface area (Å²) in [5, 5.41) is 7.26. The van der Waals surface area contributed by atoms with Crippen LogP contribution in [0.15, 0.2) is 12.4 Å². The molecule has 6 heteroatoms. The quantitative estimate of drug-likeness (QED) is 0.564. The molecule has 17 heavy (non-hydrogen) atoms. The molecule has 0 spiro atoms. The van der Waals surface area contributed by atoms with Gasteiger partial charge in [-0.3, -0.25) is 5.41 Å². The molecule has 1 aromatic heterocycles. The van der Waals surface area contributed by atoms with Gasteiger partial charge in [-0.2, -0.15) is 0 Å². The molecule has 0 radical (unpaired) electrons. The Bertz CT molecular complexity index is 379. The molecule has 2 rings (SSSR count). The average Bonchev–Trinajstić information content (AvgIpc) is 2.39. The van der Waals surface area contributed by atoms with Crippen molar-refractivity contribution in [2.24, 2.45) is 5.73 Å². The van der Waals surface area contributed by atoms with Crippen molar-refractivity contribution in [1.29, 1.82) is 5.41 Å². The van der Waals surface area contributed by atoms with Gasteiger partial charge in [0, 0.05) is 26.2 Å². The number of hydrogen-bond donors (Lipinski definition) is 2. The number of nitrogen functional groups attached to an aromatic ring is 1. The Morgan fingerprint density at radius 1 is 1.29 bits per heavy atom. The van der Waals surface area contributed by atoms with Crippen LogP contribution in [0.2, 0.25) is 0 Å². The predicted molar refractivity (Wildman–Crippen MR) is 67.4 cm³/mol. The largest absolute Gasteiger partial charge is 0.382 e. The summed E-state index contributed by atoms with van der Waals surface area (Å²) in [7, 11) is 0. The number of nitrogens with two attached hydrogens (primary N) is 1. The summed E-state index contributed by atoms with van der Waals surface area (Å²) >= 11 is 0. The van der Waals surface area contributed by atoms with E-state index in [4.69, 9.17) is 11.1 Å². The van der Waals surface area contributed by atoms with E-state index in [2.05, 4.69) is 26.7 Å². The number of nitrogens with zero attached hydrogens (tertiary/aromatic N) is 4. The van der Waals surface area contributed by atoms with Gasteiger partial charge in [0.1, 0.15) is 17.3 Å². The van der Waals surface area contributed by atoms with Crippen molar-refractivity contribution in [2.75, 3.05) is 37.6 Å². The zero-order valence-electron chi connectivity index (χ0n) is 10.1. The fraction of sp³-hybridized carbons (Fsp3) is 0.545. The van der Waals surface area contributed by atoms with E-state index in [0.717, 1.165) is 38.5 Å². The SMILES string of the molecule is CCN1CCN(c2cnc(C(=N)N)cn2)CC1. The summed E-state index contributed by atoms with van der Waals surface area (Å²) < 4.78 is 0. The van der Waals surface area contributed by atoms with E-state index < -0.39 is 0 Å². The maximum atomic E-state index is 7.26. The summed E-state index contributed by atoms with van der Waals surface area (Å²) in [4.78, 5) is 13.0. The first kappa shape index (κ1) is 11.8. The van der Waals surface area contributed by atoms with Crippen LogP contribution in [0.3, 0.4) is 0 Å². The Labute approximate surface area is 101 Å². The number of nitrogens with one attached hydrogen (secondary N) is 1. The highest BCUT2D eigenvalue weighted by Gasteiger charge is 2.16. The molecule has 0 aliphatic carbocycles. The lowest BCUT2D eigenvalue weighted by atomic mass is 10.3. The van der Waals surface area contributed by atoms with Crippen LogP contribution in [0.1, 0.15) is 12.6 Å². The van der Waals surface area contributed by atoms with Crippen LogP contribution >= 0.6 is 0 Å². The maximum absolute atomic E-state index is 7.26. The van der Waals surface area contributed by atoms with Crippen molar-refractivity contribution in [3.8, 4) is 0 Å². The van der Waals surface area contributed by atoms with Crippen LogP contribution in [0.4, 0.5) is 5.82 Å². The fourth-order valence-corrected chi connectivity index (χ4v) is 1.92. The van der Waals surface area contributed by atoms with Crippen molar-refractivity contribution < 1.29 is 0 Å². The first-order valence-electron chi connectivity index (χ1n) is 5.84. The van der Waals surface area contributed by atoms with E-state index in [9.17, 15) is 0 Å². The third kappa shape index (κ3) is 2.71. The topological polar surface area (TPSA) is 82.1 Å². The second-order valence-electron chi connectivity index (χ2n) is 4.09. The van der Waals surface area contributed by atoms with Crippen LogP contribution in [0, 0.1) is 5.41 Å². The molecule has 1 aliphatic heterocycles. The Balaban J connectivity index is 2.01. The summed E-state index contributed by atoms with van der Waals surface area (Å²) in [5.74, 6) is 0.825. The number of anilines is 1. The zero-order valence-corrected chi connectivity index (χ0v) is 10.1. The molecule has 1 fully saturated rings. The summed E-state index contributed by atoms with van der Waals surface area (Å²) in [6.07, 6.45) is 3.25. The predicted octanol–water partition coefficient (Wildman–Crippen LogP) is -0.0974. The summed E-state index contributed by atoms with van der Waals surface area (Å²) in [6, 6.07) is 0. The van der Waals surface area contributed by atoms with Gasteiger partial charge in [-0.25, -0.2) is 9.97 Å². The van der Waals surface area contributed by atoms with Crippen LogP contribution in [0.5, 0.6) is 0 Å². The highest BCUT2D eigenvalue weighted by molar-refractivity contribution is 5.92. The second kappa shape index (κ2) is 5.09. The Morgan fingerprint density at radius 2 is 2.00 bits per heavy atom. The van der Waals surface area contributed by atoms with Gasteiger partial charge in [0.25, 0.3) is 0 Å². The Kier molecular flexibility index (Phi) is 3.53. The molecule has 3 N–H and O–H groups in total. The highest BCUT2D eigenvalue weighted by atomic mass is 15.3. The van der Waals surface area contributed by atoms with Crippen LogP contribution in [0.25, 0.3) is 0 Å². The maximum Gasteiger partial charge on any atom is 0.147 e. The van der Waals surface area contributed by atoms with E-state index in [1.807, 2.05) is 0 Å². The molecule has 0 amide bonds. The van der Waals surface area contributed by atoms with E-state index in [1.54, 1.807) is 12.4 Å². The standard InChI is InChI=1S/C11H18N6/c1-2-16-3-5-17(6-4-16)10-8-14-9(7-15-10)11(12)13/h7-8H,2-6H2,1H3,(H3,12,13). The van der Waals surface area contributed by atoms with Crippen molar-refractivity contribution in [3.05, 3.63) is 18.1 Å². The van der Waals surface area contributed by atoms with E-state index in [0.29, 0.717) is 5.69 Å². The Hall–Kier alpha value is -1.69. The lowest BCUT2D eigenvalue weighted by molar-refractivity contribution is 0.270. The molecule has 1 saturated heterocycles. The van der Waals surface area contributed by atoms with Gasteiger partial charge < -0.3 is 15.5 Å². The monoisotopic (exact) mass is 234 g/mol. The van der Waals surface area contributed by atoms with Crippen molar-refractivity contribution >= 4 is 11.7 Å². The first-order valence-corrected chi connectivity index (χ1v) is 5.84. The third-order valence-corrected chi connectivity index (χ3v) is 3.06. The van der Waals surface area contributed by atoms with Crippen LogP contribution < -0.4 is 10.6 Å². The van der Waals surface area contributed by atoms with Crippen molar-refractivity contribution in [2.45, 2.75) is 6.92 Å². The smallest absolute Gasteiger partial charge is 0.147 e. The number of piperazine rings is 1. The highest BCUT2D eigenvalue weighted by Crippen LogP contribution is 2.11. The molecule has 6 nitrogen and oxygen atoms in total. The molecule has 0 bridgehead atoms. The lowest BCUT2D eigenvalue weighted by Gasteiger charge is -2.34. The molecule has 0 saturated carbocycles. The fourth-order valence-electron chi connectivity index (χ4n) is 1.92. The van der Waals surface area contributed by atoms with E-state index in [1.165, 1.54) is 0 Å². The van der Waals surface area contributed by atoms with Crippen LogP contribution in [-0.2, 0) is 0 Å². The molecule has 0 atom stereocenters. The molecular formula is C11H18N6. The minimum atomic E-state index is -0.0418. The minimum Gasteiger partial charge on any atom is -0.382 e. The zero-order chi connectivity index (χ0) is 12.3. The molecule has 92 valence electrons. The summed E-state index contributed by atoms with van der Waals surface area (Å²) in [6.45, 7) is 7.35. The molecule has 1 aromatic rings. The van der Waals surface area contributed by atoms with Gasteiger partial charge in [-0.15, -0.1) is 0 Å². The van der Waals surface area contributed by atoms with Crippen molar-refractivity contribution in [1.82, 2.24) is 14.9 Å². The number of amidine groups is 1. The molecule has 2 heterocycles. The average molecular weight is 234 g/mol. The first-order chi connectivity index (χ1) is 8.20. The van der Waals surface area contributed by atoms with Gasteiger partial charge in [0.2, 0.25) is 0 Å². The van der Waals surface area contributed by atoms with Gasteiger partial charge in [-0.05, 0) is 6.54 Å². The third-order valence-electron chi connectivity index (χ3n) is 3.06. The molecule has 0 aromatic carbocycles. The minimum absolute atomic E-state index is 0.0418. The van der Waals surface area contributed by atoms with Crippen molar-refractivity contribution in [3.63, 3.8) is 0 Å². The number of likely N-dealkylation sites (N-methyl/N-ethyl adjacent to an activating group) is 1. The molecular weight excluding hydrogens is 216 g/mol. The molecule has 0 unspecified atom stereocenters. The van der Waals surface area contributed by atoms with E-state index in [-0.39, 0.29) is 5.84 Å². The lowest BCUT2D eigenvalue weighted by Crippen LogP contribution is -2.46. The van der Waals surface area contributed by atoms with Gasteiger partial charge in [0.15, 0.2) is 0 Å².